The number of benzene rings is 2. The molecule has 0 spiro atoms. The highest BCUT2D eigenvalue weighted by atomic mass is 19.1. The molecule has 31 heavy (non-hydrogen) atoms. The molecule has 1 amide bonds. The molecule has 2 heterocycles. The van der Waals surface area contributed by atoms with E-state index in [2.05, 4.69) is 10.1 Å². The van der Waals surface area contributed by atoms with Gasteiger partial charge in [-0.1, -0.05) is 25.1 Å². The molecule has 162 valence electrons. The van der Waals surface area contributed by atoms with Crippen molar-refractivity contribution < 1.29 is 13.9 Å². The molecule has 4 rings (SSSR count). The van der Waals surface area contributed by atoms with Gasteiger partial charge in [-0.2, -0.15) is 9.78 Å². The van der Waals surface area contributed by atoms with Crippen LogP contribution in [0.4, 0.5) is 4.39 Å². The Morgan fingerprint density at radius 3 is 2.81 bits per heavy atom. The number of rotatable bonds is 6. The molecular formula is C23H25FN4O3. The fourth-order valence-electron chi connectivity index (χ4n) is 4.01. The SMILES string of the molecule is CCC(=O)N1CC[C@@H](Cc2nn(-c3ccc(-c4cccc(OC)c4)cc3F)c(=O)[nH]2)C1. The average molecular weight is 424 g/mol. The van der Waals surface area contributed by atoms with Gasteiger partial charge in [0.1, 0.15) is 23.1 Å². The molecule has 1 aliphatic heterocycles. The smallest absolute Gasteiger partial charge is 0.348 e. The number of nitrogens with one attached hydrogen (secondary N) is 1. The lowest BCUT2D eigenvalue weighted by molar-refractivity contribution is -0.129. The van der Waals surface area contributed by atoms with Crippen molar-refractivity contribution >= 4 is 5.91 Å². The summed E-state index contributed by atoms with van der Waals surface area (Å²) < 4.78 is 21.2. The van der Waals surface area contributed by atoms with E-state index in [0.29, 0.717) is 36.5 Å². The van der Waals surface area contributed by atoms with Gasteiger partial charge in [-0.05, 0) is 47.7 Å². The molecule has 1 N–H and O–H groups in total. The predicted octanol–water partition coefficient (Wildman–Crippen LogP) is 3.18. The van der Waals surface area contributed by atoms with Crippen molar-refractivity contribution in [1.29, 1.82) is 0 Å². The maximum absolute atomic E-state index is 14.9. The van der Waals surface area contributed by atoms with E-state index in [0.717, 1.165) is 23.2 Å². The summed E-state index contributed by atoms with van der Waals surface area (Å²) in [5, 5.41) is 4.31. The Hall–Kier alpha value is -3.42. The quantitative estimate of drug-likeness (QED) is 0.659. The lowest BCUT2D eigenvalue weighted by Crippen LogP contribution is -2.28. The normalized spacial score (nSPS) is 16.0. The zero-order valence-electron chi connectivity index (χ0n) is 17.6. The van der Waals surface area contributed by atoms with Crippen molar-refractivity contribution in [3.05, 3.63) is 64.6 Å². The van der Waals surface area contributed by atoms with Crippen molar-refractivity contribution in [1.82, 2.24) is 19.7 Å². The zero-order chi connectivity index (χ0) is 22.0. The first-order chi connectivity index (χ1) is 15.0. The van der Waals surface area contributed by atoms with Crippen LogP contribution in [0, 0.1) is 11.7 Å². The van der Waals surface area contributed by atoms with E-state index in [9.17, 15) is 14.0 Å². The summed E-state index contributed by atoms with van der Waals surface area (Å²) in [6.45, 7) is 3.23. The highest BCUT2D eigenvalue weighted by Gasteiger charge is 2.26. The van der Waals surface area contributed by atoms with E-state index in [1.165, 1.54) is 6.07 Å². The van der Waals surface area contributed by atoms with Crippen LogP contribution < -0.4 is 10.4 Å². The van der Waals surface area contributed by atoms with Crippen LogP contribution in [-0.4, -0.2) is 45.8 Å². The summed E-state index contributed by atoms with van der Waals surface area (Å²) in [4.78, 5) is 28.8. The van der Waals surface area contributed by atoms with E-state index in [-0.39, 0.29) is 17.5 Å². The largest absolute Gasteiger partial charge is 0.497 e. The number of carbonyl (C=O) groups excluding carboxylic acids is 1. The Bertz CT molecular complexity index is 1150. The first kappa shape index (κ1) is 20.8. The van der Waals surface area contributed by atoms with E-state index < -0.39 is 11.5 Å². The molecular weight excluding hydrogens is 399 g/mol. The molecule has 0 aliphatic carbocycles. The van der Waals surface area contributed by atoms with Gasteiger partial charge in [0.2, 0.25) is 5.91 Å². The number of hydrogen-bond donors (Lipinski definition) is 1. The minimum absolute atomic E-state index is 0.0911. The van der Waals surface area contributed by atoms with Gasteiger partial charge in [0.25, 0.3) is 0 Å². The van der Waals surface area contributed by atoms with Crippen LogP contribution in [0.5, 0.6) is 5.75 Å². The number of H-pyrrole nitrogens is 1. The van der Waals surface area contributed by atoms with Crippen molar-refractivity contribution in [2.75, 3.05) is 20.2 Å². The van der Waals surface area contributed by atoms with Crippen molar-refractivity contribution in [3.63, 3.8) is 0 Å². The molecule has 0 saturated carbocycles. The summed E-state index contributed by atoms with van der Waals surface area (Å²) in [7, 11) is 1.58. The maximum atomic E-state index is 14.9. The topological polar surface area (TPSA) is 80.2 Å². The standard InChI is InChI=1S/C23H25FN4O3/c1-3-22(29)27-10-9-15(14-27)11-21-25-23(30)28(26-21)20-8-7-17(13-19(20)24)16-5-4-6-18(12-16)31-2/h4-8,12-13,15H,3,9-11,14H2,1-2H3,(H,25,26,30)/t15-/m0/s1. The van der Waals surface area contributed by atoms with Gasteiger partial charge < -0.3 is 9.64 Å². The number of methoxy groups -OCH3 is 1. The van der Waals surface area contributed by atoms with Gasteiger partial charge in [-0.3, -0.25) is 9.78 Å². The third-order valence-corrected chi connectivity index (χ3v) is 5.67. The van der Waals surface area contributed by atoms with Gasteiger partial charge in [0.15, 0.2) is 0 Å². The number of aromatic amines is 1. The molecule has 2 aromatic carbocycles. The van der Waals surface area contributed by atoms with Crippen LogP contribution >= 0.6 is 0 Å². The fourth-order valence-corrected chi connectivity index (χ4v) is 4.01. The molecule has 0 unspecified atom stereocenters. The van der Waals surface area contributed by atoms with Crippen molar-refractivity contribution in [2.45, 2.75) is 26.2 Å². The number of halogens is 1. The van der Waals surface area contributed by atoms with Crippen LogP contribution in [0.2, 0.25) is 0 Å². The van der Waals surface area contributed by atoms with Gasteiger partial charge in [-0.15, -0.1) is 0 Å². The van der Waals surface area contributed by atoms with Crippen molar-refractivity contribution in [2.24, 2.45) is 5.92 Å². The summed E-state index contributed by atoms with van der Waals surface area (Å²) in [5.41, 5.74) is 1.10. The Kier molecular flexibility index (Phi) is 5.88. The highest BCUT2D eigenvalue weighted by Crippen LogP contribution is 2.26. The molecule has 1 aromatic heterocycles. The van der Waals surface area contributed by atoms with Crippen LogP contribution in [0.3, 0.4) is 0 Å². The first-order valence-electron chi connectivity index (χ1n) is 10.4. The van der Waals surface area contributed by atoms with Crippen LogP contribution in [0.15, 0.2) is 47.3 Å². The molecule has 1 saturated heterocycles. The van der Waals surface area contributed by atoms with Gasteiger partial charge in [0, 0.05) is 25.9 Å². The third-order valence-electron chi connectivity index (χ3n) is 5.67. The summed E-state index contributed by atoms with van der Waals surface area (Å²) >= 11 is 0. The Balaban J connectivity index is 1.53. The molecule has 3 aromatic rings. The van der Waals surface area contributed by atoms with Gasteiger partial charge >= 0.3 is 5.69 Å². The van der Waals surface area contributed by atoms with Crippen LogP contribution in [0.1, 0.15) is 25.6 Å². The second-order valence-corrected chi connectivity index (χ2v) is 7.74. The van der Waals surface area contributed by atoms with Gasteiger partial charge in [0.05, 0.1) is 7.11 Å². The van der Waals surface area contributed by atoms with E-state index in [1.54, 1.807) is 19.2 Å². The fraction of sp³-hybridized carbons (Fsp3) is 0.348. The number of nitrogens with zero attached hydrogens (tertiary/aromatic N) is 3. The summed E-state index contributed by atoms with van der Waals surface area (Å²) in [5.74, 6) is 1.01. The number of aromatic nitrogens is 3. The molecule has 0 radical (unpaired) electrons. The maximum Gasteiger partial charge on any atom is 0.348 e. The molecule has 1 aliphatic rings. The number of hydrogen-bond acceptors (Lipinski definition) is 4. The second-order valence-electron chi connectivity index (χ2n) is 7.74. The Morgan fingerprint density at radius 1 is 1.26 bits per heavy atom. The van der Waals surface area contributed by atoms with Crippen LogP contribution in [0.25, 0.3) is 16.8 Å². The molecule has 8 heteroatoms. The summed E-state index contributed by atoms with van der Waals surface area (Å²) in [6.07, 6.45) is 1.90. The number of amides is 1. The zero-order valence-corrected chi connectivity index (χ0v) is 17.6. The first-order valence-corrected chi connectivity index (χ1v) is 10.4. The average Bonchev–Trinajstić information content (AvgIpc) is 3.39. The number of ether oxygens (including phenoxy) is 1. The summed E-state index contributed by atoms with van der Waals surface area (Å²) in [6, 6.07) is 12.0. The Morgan fingerprint density at radius 2 is 2.06 bits per heavy atom. The molecule has 1 fully saturated rings. The minimum Gasteiger partial charge on any atom is -0.497 e. The van der Waals surface area contributed by atoms with E-state index in [1.807, 2.05) is 36.1 Å². The van der Waals surface area contributed by atoms with Crippen molar-refractivity contribution in [3.8, 4) is 22.6 Å². The molecule has 0 bridgehead atoms. The third kappa shape index (κ3) is 4.38. The molecule has 1 atom stereocenters. The van der Waals surface area contributed by atoms with Gasteiger partial charge in [-0.25, -0.2) is 9.18 Å². The number of likely N-dealkylation sites (tertiary alicyclic amines) is 1. The molecule has 7 nitrogen and oxygen atoms in total. The lowest BCUT2D eigenvalue weighted by atomic mass is 10.0. The highest BCUT2D eigenvalue weighted by molar-refractivity contribution is 5.76. The lowest BCUT2D eigenvalue weighted by Gasteiger charge is -2.14. The predicted molar refractivity (Wildman–Crippen MR) is 115 cm³/mol. The minimum atomic E-state index is -0.541. The monoisotopic (exact) mass is 424 g/mol. The van der Waals surface area contributed by atoms with E-state index in [4.69, 9.17) is 4.74 Å². The van der Waals surface area contributed by atoms with Crippen LogP contribution in [-0.2, 0) is 11.2 Å². The second kappa shape index (κ2) is 8.75. The Labute approximate surface area is 179 Å². The number of carbonyl (C=O) groups is 1. The van der Waals surface area contributed by atoms with E-state index >= 15 is 0 Å².